The summed E-state index contributed by atoms with van der Waals surface area (Å²) in [7, 11) is 0. The number of para-hydroxylation sites is 1. The molecule has 0 aliphatic carbocycles. The Bertz CT molecular complexity index is 1140. The molecular formula is C23H18F2N2O4S. The smallest absolute Gasteiger partial charge is 0.288 e. The largest absolute Gasteiger partial charge is 0.454 e. The molecule has 0 saturated heterocycles. The lowest BCUT2D eigenvalue weighted by molar-refractivity contribution is 0.0951. The molecule has 0 radical (unpaired) electrons. The zero-order chi connectivity index (χ0) is 22.5. The van der Waals surface area contributed by atoms with Gasteiger partial charge < -0.3 is 20.1 Å². The van der Waals surface area contributed by atoms with E-state index in [2.05, 4.69) is 10.6 Å². The molecule has 0 aromatic heterocycles. The number of amides is 2. The van der Waals surface area contributed by atoms with Crippen molar-refractivity contribution in [3.63, 3.8) is 0 Å². The van der Waals surface area contributed by atoms with E-state index in [1.54, 1.807) is 36.4 Å². The van der Waals surface area contributed by atoms with Gasteiger partial charge in [0.15, 0.2) is 11.5 Å². The SMILES string of the molecule is O=C(Nc1ccccc1C(=O)NCc1ccc2c(c1)OCO2)c1ccc(SC(F)F)cc1. The van der Waals surface area contributed by atoms with E-state index < -0.39 is 11.7 Å². The van der Waals surface area contributed by atoms with Crippen LogP contribution in [0.1, 0.15) is 26.3 Å². The molecule has 1 heterocycles. The van der Waals surface area contributed by atoms with E-state index in [0.717, 1.165) is 5.56 Å². The van der Waals surface area contributed by atoms with Gasteiger partial charge in [0.1, 0.15) is 0 Å². The summed E-state index contributed by atoms with van der Waals surface area (Å²) in [6.07, 6.45) is 0. The Labute approximate surface area is 186 Å². The van der Waals surface area contributed by atoms with Crippen LogP contribution in [-0.2, 0) is 6.54 Å². The minimum absolute atomic E-state index is 0.173. The fourth-order valence-electron chi connectivity index (χ4n) is 3.10. The molecule has 2 amide bonds. The summed E-state index contributed by atoms with van der Waals surface area (Å²) in [5, 5.41) is 5.53. The number of fused-ring (bicyclic) bond motifs is 1. The minimum atomic E-state index is -2.53. The van der Waals surface area contributed by atoms with Crippen LogP contribution in [0, 0.1) is 0 Å². The molecule has 0 bridgehead atoms. The Morgan fingerprint density at radius 2 is 1.69 bits per heavy atom. The Hall–Kier alpha value is -3.59. The zero-order valence-electron chi connectivity index (χ0n) is 16.6. The molecule has 0 spiro atoms. The van der Waals surface area contributed by atoms with Crippen LogP contribution in [0.25, 0.3) is 0 Å². The van der Waals surface area contributed by atoms with Gasteiger partial charge in [-0.05, 0) is 54.1 Å². The van der Waals surface area contributed by atoms with Gasteiger partial charge in [-0.25, -0.2) is 0 Å². The number of carbonyl (C=O) groups excluding carboxylic acids is 2. The molecule has 9 heteroatoms. The molecule has 164 valence electrons. The van der Waals surface area contributed by atoms with Crippen LogP contribution in [0.2, 0.25) is 0 Å². The van der Waals surface area contributed by atoms with Crippen LogP contribution < -0.4 is 20.1 Å². The van der Waals surface area contributed by atoms with Crippen LogP contribution in [-0.4, -0.2) is 24.4 Å². The van der Waals surface area contributed by atoms with Crippen molar-refractivity contribution in [2.45, 2.75) is 17.2 Å². The molecule has 1 aliphatic heterocycles. The number of anilines is 1. The van der Waals surface area contributed by atoms with E-state index >= 15 is 0 Å². The third-order valence-electron chi connectivity index (χ3n) is 4.65. The number of carbonyl (C=O) groups is 2. The van der Waals surface area contributed by atoms with Gasteiger partial charge in [-0.3, -0.25) is 9.59 Å². The molecule has 0 saturated carbocycles. The average molecular weight is 456 g/mol. The predicted molar refractivity (Wildman–Crippen MR) is 116 cm³/mol. The molecule has 6 nitrogen and oxygen atoms in total. The monoisotopic (exact) mass is 456 g/mol. The first-order chi connectivity index (χ1) is 15.5. The summed E-state index contributed by atoms with van der Waals surface area (Å²) in [4.78, 5) is 25.7. The Morgan fingerprint density at radius 3 is 2.47 bits per heavy atom. The van der Waals surface area contributed by atoms with Crippen LogP contribution in [0.4, 0.5) is 14.5 Å². The summed E-state index contributed by atoms with van der Waals surface area (Å²) in [6, 6.07) is 17.9. The van der Waals surface area contributed by atoms with Gasteiger partial charge in [-0.1, -0.05) is 30.0 Å². The minimum Gasteiger partial charge on any atom is -0.454 e. The zero-order valence-corrected chi connectivity index (χ0v) is 17.5. The van der Waals surface area contributed by atoms with Crippen molar-refractivity contribution < 1.29 is 27.8 Å². The van der Waals surface area contributed by atoms with E-state index in [4.69, 9.17) is 9.47 Å². The number of thioether (sulfide) groups is 1. The van der Waals surface area contributed by atoms with Crippen LogP contribution >= 0.6 is 11.8 Å². The van der Waals surface area contributed by atoms with Gasteiger partial charge in [0.2, 0.25) is 6.79 Å². The molecule has 3 aromatic carbocycles. The number of hydrogen-bond donors (Lipinski definition) is 2. The number of alkyl halides is 2. The maximum Gasteiger partial charge on any atom is 0.288 e. The van der Waals surface area contributed by atoms with Gasteiger partial charge in [0, 0.05) is 17.0 Å². The highest BCUT2D eigenvalue weighted by atomic mass is 32.2. The summed E-state index contributed by atoms with van der Waals surface area (Å²) in [6.45, 7) is 0.438. The van der Waals surface area contributed by atoms with Gasteiger partial charge in [-0.15, -0.1) is 0 Å². The number of ether oxygens (including phenoxy) is 2. The van der Waals surface area contributed by atoms with Crippen LogP contribution in [0.5, 0.6) is 11.5 Å². The molecule has 1 aliphatic rings. The van der Waals surface area contributed by atoms with Crippen molar-refractivity contribution >= 4 is 29.3 Å². The summed E-state index contributed by atoms with van der Waals surface area (Å²) < 4.78 is 35.5. The van der Waals surface area contributed by atoms with Crippen molar-refractivity contribution in [3.8, 4) is 11.5 Å². The fraction of sp³-hybridized carbons (Fsp3) is 0.130. The predicted octanol–water partition coefficient (Wildman–Crippen LogP) is 4.91. The van der Waals surface area contributed by atoms with Gasteiger partial charge in [0.05, 0.1) is 11.3 Å². The lowest BCUT2D eigenvalue weighted by Crippen LogP contribution is -2.24. The van der Waals surface area contributed by atoms with Crippen molar-refractivity contribution in [2.75, 3.05) is 12.1 Å². The average Bonchev–Trinajstić information content (AvgIpc) is 3.26. The number of nitrogens with one attached hydrogen (secondary N) is 2. The lowest BCUT2D eigenvalue weighted by atomic mass is 10.1. The van der Waals surface area contributed by atoms with Crippen molar-refractivity contribution in [1.29, 1.82) is 0 Å². The number of halogens is 2. The lowest BCUT2D eigenvalue weighted by Gasteiger charge is -2.12. The van der Waals surface area contributed by atoms with Crippen molar-refractivity contribution in [3.05, 3.63) is 83.4 Å². The van der Waals surface area contributed by atoms with Crippen molar-refractivity contribution in [2.24, 2.45) is 0 Å². The number of benzene rings is 3. The van der Waals surface area contributed by atoms with E-state index in [-0.39, 0.29) is 19.2 Å². The highest BCUT2D eigenvalue weighted by Gasteiger charge is 2.16. The first-order valence-electron chi connectivity index (χ1n) is 9.61. The Balaban J connectivity index is 1.41. The molecular weight excluding hydrogens is 438 g/mol. The summed E-state index contributed by atoms with van der Waals surface area (Å²) in [5.41, 5.74) is 1.77. The third-order valence-corrected chi connectivity index (χ3v) is 5.37. The molecule has 0 atom stereocenters. The van der Waals surface area contributed by atoms with Gasteiger partial charge in [-0.2, -0.15) is 8.78 Å². The number of rotatable bonds is 7. The molecule has 4 rings (SSSR count). The Kier molecular flexibility index (Phi) is 6.55. The summed E-state index contributed by atoms with van der Waals surface area (Å²) >= 11 is 0.406. The highest BCUT2D eigenvalue weighted by Crippen LogP contribution is 2.32. The second-order valence-corrected chi connectivity index (χ2v) is 7.84. The first kappa shape index (κ1) is 21.6. The quantitative estimate of drug-likeness (QED) is 0.494. The highest BCUT2D eigenvalue weighted by molar-refractivity contribution is 7.99. The second kappa shape index (κ2) is 9.69. The van der Waals surface area contributed by atoms with E-state index in [9.17, 15) is 18.4 Å². The summed E-state index contributed by atoms with van der Waals surface area (Å²) in [5.74, 6) is -2.05. The fourth-order valence-corrected chi connectivity index (χ4v) is 3.60. The van der Waals surface area contributed by atoms with E-state index in [0.29, 0.717) is 45.0 Å². The second-order valence-electron chi connectivity index (χ2n) is 6.77. The molecule has 0 fully saturated rings. The van der Waals surface area contributed by atoms with Crippen LogP contribution in [0.15, 0.2) is 71.6 Å². The van der Waals surface area contributed by atoms with Crippen LogP contribution in [0.3, 0.4) is 0 Å². The standard InChI is InChI=1S/C23H18F2N2O4S/c24-23(25)32-16-8-6-15(7-9-16)21(28)27-18-4-2-1-3-17(18)22(29)26-12-14-5-10-19-20(11-14)31-13-30-19/h1-11,23H,12-13H2,(H,26,29)(H,27,28). The van der Waals surface area contributed by atoms with E-state index in [1.165, 1.54) is 24.3 Å². The molecule has 2 N–H and O–H groups in total. The Morgan fingerprint density at radius 1 is 0.938 bits per heavy atom. The van der Waals surface area contributed by atoms with E-state index in [1.807, 2.05) is 6.07 Å². The maximum atomic E-state index is 12.7. The normalized spacial score (nSPS) is 12.0. The molecule has 32 heavy (non-hydrogen) atoms. The number of hydrogen-bond acceptors (Lipinski definition) is 5. The molecule has 0 unspecified atom stereocenters. The molecule has 3 aromatic rings. The maximum absolute atomic E-state index is 12.7. The first-order valence-corrected chi connectivity index (χ1v) is 10.5. The van der Waals surface area contributed by atoms with Gasteiger partial charge >= 0.3 is 0 Å². The third kappa shape index (κ3) is 5.17. The topological polar surface area (TPSA) is 76.7 Å². The van der Waals surface area contributed by atoms with Crippen molar-refractivity contribution in [1.82, 2.24) is 5.32 Å². The van der Waals surface area contributed by atoms with Gasteiger partial charge in [0.25, 0.3) is 17.6 Å².